The lowest BCUT2D eigenvalue weighted by molar-refractivity contribution is -0.384. The number of hydrogen-bond donors (Lipinski definition) is 1. The zero-order valence-corrected chi connectivity index (χ0v) is 18.2. The van der Waals surface area contributed by atoms with E-state index in [1.165, 1.54) is 36.9 Å². The summed E-state index contributed by atoms with van der Waals surface area (Å²) in [7, 11) is 2.89. The van der Waals surface area contributed by atoms with E-state index in [1.807, 2.05) is 0 Å². The number of halogens is 1. The van der Waals surface area contributed by atoms with Crippen LogP contribution in [0.3, 0.4) is 0 Å². The molecular weight excluding hydrogens is 424 g/mol. The van der Waals surface area contributed by atoms with Crippen LogP contribution in [0.25, 0.3) is 0 Å². The summed E-state index contributed by atoms with van der Waals surface area (Å²) in [6.45, 7) is 1.70. The Kier molecular flexibility index (Phi) is 6.45. The molecule has 1 N–H and O–H groups in total. The van der Waals surface area contributed by atoms with Gasteiger partial charge in [0.2, 0.25) is 0 Å². The summed E-state index contributed by atoms with van der Waals surface area (Å²) in [6, 6.07) is 5.88. The molecule has 0 aliphatic carbocycles. The number of fused-ring (bicyclic) bond motifs is 1. The average Bonchev–Trinajstić information content (AvgIpc) is 2.75. The number of nitrogens with one attached hydrogen (secondary N) is 1. The van der Waals surface area contributed by atoms with Gasteiger partial charge in [-0.05, 0) is 25.3 Å². The molecule has 1 aromatic heterocycles. The summed E-state index contributed by atoms with van der Waals surface area (Å²) in [5.41, 5.74) is 0.288. The molecule has 164 valence electrons. The molecule has 3 rings (SSSR count). The number of ketones is 1. The van der Waals surface area contributed by atoms with Crippen LogP contribution in [-0.2, 0) is 18.9 Å². The Morgan fingerprint density at radius 3 is 2.58 bits per heavy atom. The van der Waals surface area contributed by atoms with E-state index in [4.69, 9.17) is 11.6 Å². The van der Waals surface area contributed by atoms with Gasteiger partial charge in [-0.3, -0.25) is 28.8 Å². The number of nitro groups is 1. The number of hydrogen-bond acceptors (Lipinski definition) is 6. The van der Waals surface area contributed by atoms with Crippen LogP contribution in [0.1, 0.15) is 43.2 Å². The number of Topliss-reactive ketones (excluding diaryl/α,β-unsaturated/α-hetero) is 1. The van der Waals surface area contributed by atoms with E-state index in [2.05, 4.69) is 5.32 Å². The van der Waals surface area contributed by atoms with Crippen LogP contribution in [-0.4, -0.2) is 25.7 Å². The van der Waals surface area contributed by atoms with Crippen molar-refractivity contribution in [3.63, 3.8) is 0 Å². The largest absolute Gasteiger partial charge is 0.344 e. The number of aromatic nitrogens is 2. The number of allylic oxidation sites excluding steroid dienone is 2. The summed E-state index contributed by atoms with van der Waals surface area (Å²) in [5, 5.41) is 14.4. The summed E-state index contributed by atoms with van der Waals surface area (Å²) >= 11 is 5.73. The zero-order valence-electron chi connectivity index (χ0n) is 17.5. The normalized spacial score (nSPS) is 15.4. The third-order valence-electron chi connectivity index (χ3n) is 5.49. The van der Waals surface area contributed by atoms with Crippen LogP contribution >= 0.6 is 11.6 Å². The van der Waals surface area contributed by atoms with Gasteiger partial charge >= 0.3 is 5.69 Å². The number of alkyl halides is 1. The monoisotopic (exact) mass is 446 g/mol. The third-order valence-corrected chi connectivity index (χ3v) is 5.76. The molecule has 0 radical (unpaired) electrons. The molecule has 0 fully saturated rings. The van der Waals surface area contributed by atoms with Crippen molar-refractivity contribution < 1.29 is 9.72 Å². The Labute approximate surface area is 183 Å². The van der Waals surface area contributed by atoms with Gasteiger partial charge in [-0.15, -0.1) is 11.6 Å². The molecule has 1 aliphatic rings. The Hall–Kier alpha value is -3.20. The average molecular weight is 447 g/mol. The van der Waals surface area contributed by atoms with E-state index < -0.39 is 22.1 Å². The predicted molar refractivity (Wildman–Crippen MR) is 118 cm³/mol. The SMILES string of the molecule is CC1=C(C(=O)CCCCCl)C(c2cccc([N+](=O)[O-])c2)c2c(n(C)c(=O)n(C)c2=O)N1. The van der Waals surface area contributed by atoms with Gasteiger partial charge in [0.25, 0.3) is 11.2 Å². The second-order valence-corrected chi connectivity index (χ2v) is 7.86. The molecule has 0 spiro atoms. The first-order chi connectivity index (χ1) is 14.7. The van der Waals surface area contributed by atoms with Crippen molar-refractivity contribution >= 4 is 28.9 Å². The first kappa shape index (κ1) is 22.5. The van der Waals surface area contributed by atoms with Gasteiger partial charge in [-0.2, -0.15) is 0 Å². The highest BCUT2D eigenvalue weighted by atomic mass is 35.5. The molecule has 0 amide bonds. The van der Waals surface area contributed by atoms with Gasteiger partial charge in [-0.1, -0.05) is 12.1 Å². The van der Waals surface area contributed by atoms with E-state index in [1.54, 1.807) is 13.0 Å². The van der Waals surface area contributed by atoms with E-state index >= 15 is 0 Å². The van der Waals surface area contributed by atoms with Crippen LogP contribution in [0, 0.1) is 10.1 Å². The maximum Gasteiger partial charge on any atom is 0.332 e. The number of unbranched alkanes of at least 4 members (excludes halogenated alkanes) is 1. The summed E-state index contributed by atoms with van der Waals surface area (Å²) < 4.78 is 2.28. The lowest BCUT2D eigenvalue weighted by Gasteiger charge is -2.31. The summed E-state index contributed by atoms with van der Waals surface area (Å²) in [5.74, 6) is -0.304. The van der Waals surface area contributed by atoms with Crippen LogP contribution in [0.15, 0.2) is 45.1 Å². The zero-order chi connectivity index (χ0) is 22.9. The maximum absolute atomic E-state index is 13.2. The van der Waals surface area contributed by atoms with Crippen molar-refractivity contribution in [1.29, 1.82) is 0 Å². The van der Waals surface area contributed by atoms with E-state index in [0.717, 1.165) is 4.57 Å². The van der Waals surface area contributed by atoms with Gasteiger partial charge in [0, 0.05) is 55.7 Å². The third kappa shape index (κ3) is 4.05. The number of carbonyl (C=O) groups excluding carboxylic acids is 1. The predicted octanol–water partition coefficient (Wildman–Crippen LogP) is 2.80. The lowest BCUT2D eigenvalue weighted by atomic mass is 9.79. The molecule has 9 nitrogen and oxygen atoms in total. The number of nitro benzene ring substituents is 1. The maximum atomic E-state index is 13.2. The van der Waals surface area contributed by atoms with Crippen molar-refractivity contribution in [3.05, 3.63) is 77.6 Å². The van der Waals surface area contributed by atoms with Crippen LogP contribution < -0.4 is 16.6 Å². The van der Waals surface area contributed by atoms with Gasteiger partial charge in [0.15, 0.2) is 5.78 Å². The molecule has 1 unspecified atom stereocenters. The molecule has 1 aromatic carbocycles. The Morgan fingerprint density at radius 1 is 1.23 bits per heavy atom. The molecule has 0 bridgehead atoms. The molecule has 0 saturated carbocycles. The van der Waals surface area contributed by atoms with Crippen molar-refractivity contribution in [3.8, 4) is 0 Å². The van der Waals surface area contributed by atoms with E-state index in [-0.39, 0.29) is 29.3 Å². The standard InChI is InChI=1S/C21H23ClN4O5/c1-12-16(15(27)9-4-5-10-22)17(13-7-6-8-14(11-13)26(30)31)18-19(23-12)24(2)21(29)25(3)20(18)28/h6-8,11,17,23H,4-5,9-10H2,1-3H3. The van der Waals surface area contributed by atoms with Gasteiger partial charge in [0.1, 0.15) is 5.82 Å². The highest BCUT2D eigenvalue weighted by Gasteiger charge is 2.36. The molecule has 0 saturated heterocycles. The van der Waals surface area contributed by atoms with Crippen molar-refractivity contribution in [2.45, 2.75) is 32.1 Å². The van der Waals surface area contributed by atoms with Crippen LogP contribution in [0.2, 0.25) is 0 Å². The fourth-order valence-corrected chi connectivity index (χ4v) is 4.11. The van der Waals surface area contributed by atoms with E-state index in [0.29, 0.717) is 35.6 Å². The van der Waals surface area contributed by atoms with Gasteiger partial charge in [-0.25, -0.2) is 4.79 Å². The number of nitrogens with zero attached hydrogens (tertiary/aromatic N) is 3. The minimum atomic E-state index is -0.842. The number of benzene rings is 1. The molecule has 1 aliphatic heterocycles. The highest BCUT2D eigenvalue weighted by Crippen LogP contribution is 2.41. The van der Waals surface area contributed by atoms with Crippen LogP contribution in [0.4, 0.5) is 11.5 Å². The second kappa shape index (κ2) is 8.89. The van der Waals surface area contributed by atoms with Crippen LogP contribution in [0.5, 0.6) is 0 Å². The lowest BCUT2D eigenvalue weighted by Crippen LogP contribution is -2.43. The Bertz CT molecular complexity index is 1210. The number of non-ortho nitro benzene ring substituents is 1. The fraction of sp³-hybridized carbons (Fsp3) is 0.381. The summed E-state index contributed by atoms with van der Waals surface area (Å²) in [6.07, 6.45) is 1.48. The topological polar surface area (TPSA) is 116 Å². The Morgan fingerprint density at radius 2 is 1.94 bits per heavy atom. The highest BCUT2D eigenvalue weighted by molar-refractivity contribution is 6.17. The van der Waals surface area contributed by atoms with Gasteiger partial charge in [0.05, 0.1) is 10.5 Å². The first-order valence-corrected chi connectivity index (χ1v) is 10.3. The molecule has 31 heavy (non-hydrogen) atoms. The van der Waals surface area contributed by atoms with Crippen molar-refractivity contribution in [1.82, 2.24) is 9.13 Å². The van der Waals surface area contributed by atoms with Gasteiger partial charge < -0.3 is 5.32 Å². The molecule has 1 atom stereocenters. The number of anilines is 1. The molecule has 2 heterocycles. The van der Waals surface area contributed by atoms with E-state index in [9.17, 15) is 24.5 Å². The van der Waals surface area contributed by atoms with Crippen molar-refractivity contribution in [2.24, 2.45) is 14.1 Å². The molecule has 10 heteroatoms. The summed E-state index contributed by atoms with van der Waals surface area (Å²) in [4.78, 5) is 49.6. The fourth-order valence-electron chi connectivity index (χ4n) is 3.92. The second-order valence-electron chi connectivity index (χ2n) is 7.49. The molecular formula is C21H23ClN4O5. The quantitative estimate of drug-likeness (QED) is 0.302. The Balaban J connectivity index is 2.29. The minimum absolute atomic E-state index is 0.147. The molecule has 2 aromatic rings. The first-order valence-electron chi connectivity index (χ1n) is 9.80. The van der Waals surface area contributed by atoms with Crippen molar-refractivity contribution in [2.75, 3.05) is 11.2 Å². The number of carbonyl (C=O) groups is 1. The smallest absolute Gasteiger partial charge is 0.332 e. The number of rotatable bonds is 7. The minimum Gasteiger partial charge on any atom is -0.344 e.